The summed E-state index contributed by atoms with van der Waals surface area (Å²) in [4.78, 5) is 30.0. The van der Waals surface area contributed by atoms with E-state index < -0.39 is 0 Å². The van der Waals surface area contributed by atoms with Gasteiger partial charge in [0.15, 0.2) is 5.13 Å². The van der Waals surface area contributed by atoms with Crippen LogP contribution < -0.4 is 10.9 Å². The van der Waals surface area contributed by atoms with Gasteiger partial charge in [-0.1, -0.05) is 13.8 Å². The number of rotatable bonds is 4. The summed E-state index contributed by atoms with van der Waals surface area (Å²) in [5.41, 5.74) is 0.782. The zero-order chi connectivity index (χ0) is 17.1. The summed E-state index contributed by atoms with van der Waals surface area (Å²) >= 11 is 1.40. The Hall–Kier alpha value is -2.06. The lowest BCUT2D eigenvalue weighted by molar-refractivity contribution is 0.102. The Labute approximate surface area is 144 Å². The fourth-order valence-corrected chi connectivity index (χ4v) is 3.92. The smallest absolute Gasteiger partial charge is 0.277 e. The molecule has 1 amide bonds. The predicted octanol–water partition coefficient (Wildman–Crippen LogP) is 1.96. The van der Waals surface area contributed by atoms with E-state index in [0.29, 0.717) is 17.0 Å². The van der Waals surface area contributed by atoms with Gasteiger partial charge in [-0.3, -0.25) is 19.8 Å². The minimum Gasteiger partial charge on any atom is -0.297 e. The summed E-state index contributed by atoms with van der Waals surface area (Å²) in [5.74, 6) is 1.03. The molecule has 3 heterocycles. The van der Waals surface area contributed by atoms with Crippen molar-refractivity contribution in [3.63, 3.8) is 0 Å². The lowest BCUT2D eigenvalue weighted by atomic mass is 9.92. The largest absolute Gasteiger partial charge is 0.297 e. The number of aromatic amines is 1. The number of piperidine rings is 1. The highest BCUT2D eigenvalue weighted by Crippen LogP contribution is 2.24. The van der Waals surface area contributed by atoms with Gasteiger partial charge in [-0.2, -0.15) is 5.10 Å². The molecule has 0 radical (unpaired) electrons. The van der Waals surface area contributed by atoms with Gasteiger partial charge in [-0.05, 0) is 24.3 Å². The Bertz CT molecular complexity index is 741. The fraction of sp³-hybridized carbons (Fsp3) is 0.500. The van der Waals surface area contributed by atoms with Crippen molar-refractivity contribution in [3.8, 4) is 0 Å². The van der Waals surface area contributed by atoms with Gasteiger partial charge >= 0.3 is 0 Å². The Balaban J connectivity index is 1.60. The molecule has 2 aromatic heterocycles. The molecule has 0 saturated carbocycles. The number of carbonyl (C=O) groups excluding carboxylic acids is 1. The van der Waals surface area contributed by atoms with Crippen LogP contribution in [-0.4, -0.2) is 39.1 Å². The van der Waals surface area contributed by atoms with Crippen LogP contribution in [-0.2, 0) is 6.54 Å². The standard InChI is InChI=1S/C16H21N5O2S/c1-10-5-11(2)7-21(6-10)8-12-9-24-16(17-12)18-15(23)13-3-4-14(22)20-19-13/h3-4,9-11H,5-8H2,1-2H3,(H,20,22)(H,17,18,23). The Morgan fingerprint density at radius 1 is 1.38 bits per heavy atom. The van der Waals surface area contributed by atoms with Gasteiger partial charge in [0.2, 0.25) is 0 Å². The number of anilines is 1. The number of likely N-dealkylation sites (tertiary alicyclic amines) is 1. The Morgan fingerprint density at radius 3 is 2.79 bits per heavy atom. The van der Waals surface area contributed by atoms with Gasteiger partial charge < -0.3 is 0 Å². The van der Waals surface area contributed by atoms with Crippen molar-refractivity contribution in [2.75, 3.05) is 18.4 Å². The second-order valence-electron chi connectivity index (χ2n) is 6.54. The van der Waals surface area contributed by atoms with Crippen molar-refractivity contribution < 1.29 is 4.79 Å². The van der Waals surface area contributed by atoms with Crippen molar-refractivity contribution in [3.05, 3.63) is 39.3 Å². The number of carbonyl (C=O) groups is 1. The summed E-state index contributed by atoms with van der Waals surface area (Å²) in [5, 5.41) is 11.2. The third-order valence-corrected chi connectivity index (χ3v) is 4.82. The summed E-state index contributed by atoms with van der Waals surface area (Å²) in [7, 11) is 0. The minimum atomic E-state index is -0.382. The molecule has 0 spiro atoms. The number of nitrogens with one attached hydrogen (secondary N) is 2. The molecule has 128 valence electrons. The Kier molecular flexibility index (Phi) is 5.06. The molecule has 7 nitrogen and oxygen atoms in total. The van der Waals surface area contributed by atoms with E-state index in [1.165, 1.54) is 29.9 Å². The third kappa shape index (κ3) is 4.27. The van der Waals surface area contributed by atoms with E-state index in [0.717, 1.165) is 25.3 Å². The topological polar surface area (TPSA) is 91.0 Å². The van der Waals surface area contributed by atoms with Gasteiger partial charge in [0.25, 0.3) is 11.5 Å². The number of H-pyrrole nitrogens is 1. The number of nitrogens with zero attached hydrogens (tertiary/aromatic N) is 3. The van der Waals surface area contributed by atoms with Gasteiger partial charge in [-0.15, -0.1) is 11.3 Å². The van der Waals surface area contributed by atoms with Crippen LogP contribution in [0.15, 0.2) is 22.3 Å². The normalized spacial score (nSPS) is 21.6. The first-order chi connectivity index (χ1) is 11.5. The molecule has 0 aliphatic carbocycles. The van der Waals surface area contributed by atoms with Crippen molar-refractivity contribution in [1.29, 1.82) is 0 Å². The van der Waals surface area contributed by atoms with Crippen molar-refractivity contribution in [1.82, 2.24) is 20.1 Å². The van der Waals surface area contributed by atoms with Crippen LogP contribution >= 0.6 is 11.3 Å². The Morgan fingerprint density at radius 2 is 2.12 bits per heavy atom. The lowest BCUT2D eigenvalue weighted by Crippen LogP contribution is -2.38. The SMILES string of the molecule is CC1CC(C)CN(Cc2csc(NC(=O)c3ccc(=O)[nH]n3)n2)C1. The second kappa shape index (κ2) is 7.23. The van der Waals surface area contributed by atoms with Crippen molar-refractivity contribution >= 4 is 22.4 Å². The maximum Gasteiger partial charge on any atom is 0.277 e. The van der Waals surface area contributed by atoms with E-state index in [1.807, 2.05) is 5.38 Å². The number of amides is 1. The number of hydrogen-bond acceptors (Lipinski definition) is 6. The zero-order valence-corrected chi connectivity index (χ0v) is 14.6. The van der Waals surface area contributed by atoms with Crippen LogP contribution in [0.1, 0.15) is 36.5 Å². The molecule has 24 heavy (non-hydrogen) atoms. The second-order valence-corrected chi connectivity index (χ2v) is 7.40. The van der Waals surface area contributed by atoms with Crippen LogP contribution in [0.3, 0.4) is 0 Å². The zero-order valence-electron chi connectivity index (χ0n) is 13.8. The highest BCUT2D eigenvalue weighted by Gasteiger charge is 2.22. The van der Waals surface area contributed by atoms with Crippen LogP contribution in [0.4, 0.5) is 5.13 Å². The van der Waals surface area contributed by atoms with E-state index in [-0.39, 0.29) is 17.2 Å². The molecule has 1 saturated heterocycles. The quantitative estimate of drug-likeness (QED) is 0.882. The van der Waals surface area contributed by atoms with Crippen LogP contribution in [0.25, 0.3) is 0 Å². The van der Waals surface area contributed by atoms with E-state index in [1.54, 1.807) is 0 Å². The van der Waals surface area contributed by atoms with Gasteiger partial charge in [0.05, 0.1) is 5.69 Å². The van der Waals surface area contributed by atoms with E-state index >= 15 is 0 Å². The number of hydrogen-bond donors (Lipinski definition) is 2. The van der Waals surface area contributed by atoms with Crippen molar-refractivity contribution in [2.45, 2.75) is 26.8 Å². The lowest BCUT2D eigenvalue weighted by Gasteiger charge is -2.34. The first kappa shape index (κ1) is 16.8. The first-order valence-electron chi connectivity index (χ1n) is 8.03. The average Bonchev–Trinajstić information content (AvgIpc) is 2.93. The molecule has 0 aromatic carbocycles. The summed E-state index contributed by atoms with van der Waals surface area (Å²) in [6, 6.07) is 2.66. The molecule has 2 atom stereocenters. The number of aromatic nitrogens is 3. The summed E-state index contributed by atoms with van der Waals surface area (Å²) in [6.07, 6.45) is 1.28. The van der Waals surface area contributed by atoms with E-state index in [2.05, 4.69) is 39.2 Å². The molecule has 1 aliphatic rings. The van der Waals surface area contributed by atoms with Gasteiger partial charge in [0, 0.05) is 31.1 Å². The number of thiazole rings is 1. The maximum absolute atomic E-state index is 12.1. The molecular weight excluding hydrogens is 326 g/mol. The third-order valence-electron chi connectivity index (χ3n) is 4.01. The first-order valence-corrected chi connectivity index (χ1v) is 8.91. The maximum atomic E-state index is 12.1. The summed E-state index contributed by atoms with van der Waals surface area (Å²) < 4.78 is 0. The highest BCUT2D eigenvalue weighted by molar-refractivity contribution is 7.13. The molecule has 2 unspecified atom stereocenters. The molecule has 1 fully saturated rings. The molecular formula is C16H21N5O2S. The predicted molar refractivity (Wildman–Crippen MR) is 93.1 cm³/mol. The molecule has 3 rings (SSSR count). The monoisotopic (exact) mass is 347 g/mol. The molecule has 2 aromatic rings. The summed E-state index contributed by atoms with van der Waals surface area (Å²) in [6.45, 7) is 7.55. The molecule has 2 N–H and O–H groups in total. The molecule has 0 bridgehead atoms. The van der Waals surface area contributed by atoms with Crippen LogP contribution in [0.5, 0.6) is 0 Å². The van der Waals surface area contributed by atoms with Crippen molar-refractivity contribution in [2.24, 2.45) is 11.8 Å². The van der Waals surface area contributed by atoms with Crippen LogP contribution in [0, 0.1) is 11.8 Å². The average molecular weight is 347 g/mol. The molecule has 8 heteroatoms. The van der Waals surface area contributed by atoms with Gasteiger partial charge in [0.1, 0.15) is 5.69 Å². The highest BCUT2D eigenvalue weighted by atomic mass is 32.1. The van der Waals surface area contributed by atoms with E-state index in [4.69, 9.17) is 0 Å². The van der Waals surface area contributed by atoms with E-state index in [9.17, 15) is 9.59 Å². The molecule has 1 aliphatic heterocycles. The minimum absolute atomic E-state index is 0.157. The fourth-order valence-electron chi connectivity index (χ4n) is 3.22. The van der Waals surface area contributed by atoms with Crippen LogP contribution in [0.2, 0.25) is 0 Å². The van der Waals surface area contributed by atoms with Gasteiger partial charge in [-0.25, -0.2) is 10.1 Å².